The molecule has 0 aliphatic rings. The van der Waals surface area contributed by atoms with Crippen molar-refractivity contribution < 1.29 is 42.9 Å². The number of nitrogens with zero attached hydrogens (tertiary/aromatic N) is 1. The highest BCUT2D eigenvalue weighted by Crippen LogP contribution is 2.17. The summed E-state index contributed by atoms with van der Waals surface area (Å²) in [7, 11) is 5.93. The van der Waals surface area contributed by atoms with Crippen LogP contribution in [0.25, 0.3) is 0 Å². The first-order valence-electron chi connectivity index (χ1n) is 32.7. The van der Waals surface area contributed by atoms with Crippen molar-refractivity contribution in [2.75, 3.05) is 47.5 Å². The first-order chi connectivity index (χ1) is 38.6. The van der Waals surface area contributed by atoms with Crippen LogP contribution in [0.15, 0.2) is 85.1 Å². The van der Waals surface area contributed by atoms with Gasteiger partial charge < -0.3 is 33.3 Å². The van der Waals surface area contributed by atoms with E-state index in [4.69, 9.17) is 18.9 Å². The molecule has 0 amide bonds. The minimum absolute atomic E-state index is 0.145. The van der Waals surface area contributed by atoms with Crippen molar-refractivity contribution in [2.45, 2.75) is 296 Å². The van der Waals surface area contributed by atoms with Crippen LogP contribution in [0.2, 0.25) is 0 Å². The molecule has 0 aromatic heterocycles. The molecule has 0 bridgehead atoms. The van der Waals surface area contributed by atoms with Crippen LogP contribution in [-0.2, 0) is 33.3 Å². The number of carbonyl (C=O) groups excluding carboxylic acids is 3. The molecule has 0 aromatic carbocycles. The molecule has 0 aromatic rings. The van der Waals surface area contributed by atoms with E-state index in [1.165, 1.54) is 173 Å². The molecule has 0 saturated carbocycles. The third kappa shape index (κ3) is 61.9. The molecule has 456 valence electrons. The van der Waals surface area contributed by atoms with Gasteiger partial charge in [-0.1, -0.05) is 266 Å². The van der Waals surface area contributed by atoms with E-state index >= 15 is 0 Å². The second kappa shape index (κ2) is 60.6. The van der Waals surface area contributed by atoms with Crippen molar-refractivity contribution in [3.8, 4) is 0 Å². The minimum atomic E-state index is -1.63. The van der Waals surface area contributed by atoms with Crippen LogP contribution in [0.1, 0.15) is 284 Å². The molecule has 0 heterocycles. The minimum Gasteiger partial charge on any atom is -0.545 e. The van der Waals surface area contributed by atoms with Crippen LogP contribution in [0.3, 0.4) is 0 Å². The largest absolute Gasteiger partial charge is 0.545 e. The maximum absolute atomic E-state index is 12.9. The molecule has 79 heavy (non-hydrogen) atoms. The smallest absolute Gasteiger partial charge is 0.306 e. The summed E-state index contributed by atoms with van der Waals surface area (Å²) < 4.78 is 22.8. The molecular formula is C70H123NO8. The lowest BCUT2D eigenvalue weighted by Crippen LogP contribution is -2.44. The normalized spacial score (nSPS) is 13.3. The third-order valence-electron chi connectivity index (χ3n) is 14.1. The summed E-state index contributed by atoms with van der Waals surface area (Å²) in [4.78, 5) is 37.4. The number of carboxylic acid groups (broad SMARTS) is 1. The number of rotatable bonds is 60. The van der Waals surface area contributed by atoms with E-state index < -0.39 is 24.3 Å². The van der Waals surface area contributed by atoms with Gasteiger partial charge in [-0.2, -0.15) is 0 Å². The van der Waals surface area contributed by atoms with Crippen molar-refractivity contribution in [3.05, 3.63) is 85.1 Å². The lowest BCUT2D eigenvalue weighted by Gasteiger charge is -2.26. The average molecular weight is 1110 g/mol. The second-order valence-corrected chi connectivity index (χ2v) is 23.0. The Labute approximate surface area is 487 Å². The van der Waals surface area contributed by atoms with E-state index in [2.05, 4.69) is 98.9 Å². The number of carbonyl (C=O) groups is 3. The van der Waals surface area contributed by atoms with Crippen molar-refractivity contribution >= 4 is 17.9 Å². The molecule has 0 saturated heterocycles. The molecule has 0 fully saturated rings. The van der Waals surface area contributed by atoms with Crippen LogP contribution in [0.4, 0.5) is 0 Å². The molecule has 0 N–H and O–H groups in total. The zero-order chi connectivity index (χ0) is 57.6. The van der Waals surface area contributed by atoms with Gasteiger partial charge in [0.2, 0.25) is 0 Å². The van der Waals surface area contributed by atoms with E-state index in [1.807, 2.05) is 21.1 Å². The fourth-order valence-electron chi connectivity index (χ4n) is 9.12. The SMILES string of the molecule is CC/C=C\C/C=C\C/C=C\C/C=C\CCCCCCCCCCCCCCC(=O)OC(COC(=O)CCCCCCCCCCCCCCCC/C=C\C/C=C\C/C=C\CCCCCCC)COC(OCC[N+](C)(C)C)C(=O)[O-]. The van der Waals surface area contributed by atoms with Crippen LogP contribution in [-0.4, -0.2) is 82.3 Å². The lowest BCUT2D eigenvalue weighted by atomic mass is 10.0. The quantitative estimate of drug-likeness (QED) is 0.0195. The van der Waals surface area contributed by atoms with Crippen molar-refractivity contribution in [3.63, 3.8) is 0 Å². The van der Waals surface area contributed by atoms with Crippen LogP contribution < -0.4 is 5.11 Å². The highest BCUT2D eigenvalue weighted by Gasteiger charge is 2.22. The summed E-state index contributed by atoms with van der Waals surface area (Å²) in [6, 6.07) is 0. The Balaban J connectivity index is 4.16. The fraction of sp³-hybridized carbons (Fsp3) is 0.757. The summed E-state index contributed by atoms with van der Waals surface area (Å²) in [5.74, 6) is -2.28. The number of ether oxygens (including phenoxy) is 4. The number of esters is 2. The fourth-order valence-corrected chi connectivity index (χ4v) is 9.12. The van der Waals surface area contributed by atoms with Crippen molar-refractivity contribution in [1.82, 2.24) is 0 Å². The second-order valence-electron chi connectivity index (χ2n) is 23.0. The topological polar surface area (TPSA) is 111 Å². The Bertz CT molecular complexity index is 1570. The monoisotopic (exact) mass is 1110 g/mol. The summed E-state index contributed by atoms with van der Waals surface area (Å²) in [5.41, 5.74) is 0. The first kappa shape index (κ1) is 75.5. The van der Waals surface area contributed by atoms with E-state index in [-0.39, 0.29) is 38.6 Å². The van der Waals surface area contributed by atoms with Gasteiger partial charge in [0.15, 0.2) is 12.4 Å². The molecule has 0 rings (SSSR count). The summed E-state index contributed by atoms with van der Waals surface area (Å²) in [6.45, 7) is 4.65. The Hall–Kier alpha value is -3.53. The van der Waals surface area contributed by atoms with E-state index in [0.717, 1.165) is 77.0 Å². The van der Waals surface area contributed by atoms with Gasteiger partial charge in [-0.05, 0) is 89.9 Å². The third-order valence-corrected chi connectivity index (χ3v) is 14.1. The Morgan fingerprint density at radius 3 is 1.08 bits per heavy atom. The van der Waals surface area contributed by atoms with Crippen LogP contribution >= 0.6 is 0 Å². The number of allylic oxidation sites excluding steroid dienone is 14. The predicted molar refractivity (Wildman–Crippen MR) is 334 cm³/mol. The standard InChI is InChI=1S/C70H123NO8/c1-6-8-10-12-14-16-18-20-22-24-26-28-30-32-33-34-35-37-38-40-42-44-46-48-50-52-54-56-58-60-67(72)77-64-66(65-78-70(69(74)75)76-63-62-71(3,4)5)79-68(73)61-59-57-55-53-51-49-47-45-43-41-39-36-31-29-27-25-23-21-19-17-15-13-11-9-7-2/h9,11,15,17-18,20-21,23-24,26-27,29-30,32,66,70H,6-8,10,12-14,16,19,22,25,28,31,33-65H2,1-5H3/b11-9-,17-15-,20-18-,23-21-,26-24-,29-27-,32-30-. The van der Waals surface area contributed by atoms with Gasteiger partial charge in [0, 0.05) is 12.8 Å². The molecule has 0 aliphatic carbocycles. The van der Waals surface area contributed by atoms with E-state index in [9.17, 15) is 19.5 Å². The Kier molecular flexibility index (Phi) is 57.9. The van der Waals surface area contributed by atoms with Gasteiger partial charge in [-0.15, -0.1) is 0 Å². The maximum Gasteiger partial charge on any atom is 0.306 e. The summed E-state index contributed by atoms with van der Waals surface area (Å²) in [5, 5.41) is 11.8. The van der Waals surface area contributed by atoms with Gasteiger partial charge in [0.05, 0.1) is 40.3 Å². The van der Waals surface area contributed by atoms with Crippen LogP contribution in [0.5, 0.6) is 0 Å². The van der Waals surface area contributed by atoms with Gasteiger partial charge in [-0.3, -0.25) is 9.59 Å². The number of aliphatic carboxylic acids is 1. The average Bonchev–Trinajstić information content (AvgIpc) is 3.42. The number of hydrogen-bond donors (Lipinski definition) is 0. The number of unbranched alkanes of at least 4 members (excludes halogenated alkanes) is 31. The van der Waals surface area contributed by atoms with Crippen molar-refractivity contribution in [1.29, 1.82) is 0 Å². The van der Waals surface area contributed by atoms with Crippen molar-refractivity contribution in [2.24, 2.45) is 0 Å². The zero-order valence-corrected chi connectivity index (χ0v) is 52.0. The Morgan fingerprint density at radius 2 is 0.722 bits per heavy atom. The summed E-state index contributed by atoms with van der Waals surface area (Å²) >= 11 is 0. The predicted octanol–water partition coefficient (Wildman–Crippen LogP) is 18.6. The van der Waals surface area contributed by atoms with Crippen LogP contribution in [0, 0.1) is 0 Å². The van der Waals surface area contributed by atoms with E-state index in [1.54, 1.807) is 0 Å². The van der Waals surface area contributed by atoms with Gasteiger partial charge in [0.1, 0.15) is 13.2 Å². The zero-order valence-electron chi connectivity index (χ0n) is 52.0. The van der Waals surface area contributed by atoms with E-state index in [0.29, 0.717) is 17.4 Å². The molecule has 0 aliphatic heterocycles. The van der Waals surface area contributed by atoms with Gasteiger partial charge in [0.25, 0.3) is 0 Å². The molecule has 0 radical (unpaired) electrons. The maximum atomic E-state index is 12.9. The molecule has 9 nitrogen and oxygen atoms in total. The molecular weight excluding hydrogens is 983 g/mol. The molecule has 2 unspecified atom stereocenters. The van der Waals surface area contributed by atoms with Gasteiger partial charge in [-0.25, -0.2) is 0 Å². The number of quaternary nitrogens is 1. The first-order valence-corrected chi connectivity index (χ1v) is 32.7. The Morgan fingerprint density at radius 1 is 0.392 bits per heavy atom. The number of likely N-dealkylation sites (N-methyl/N-ethyl adjacent to an activating group) is 1. The van der Waals surface area contributed by atoms with Gasteiger partial charge >= 0.3 is 11.9 Å². The molecule has 2 atom stereocenters. The lowest BCUT2D eigenvalue weighted by molar-refractivity contribution is -0.870. The number of hydrogen-bond acceptors (Lipinski definition) is 8. The highest BCUT2D eigenvalue weighted by molar-refractivity contribution is 5.70. The molecule has 0 spiro atoms. The summed E-state index contributed by atoms with van der Waals surface area (Å²) in [6.07, 6.45) is 77.9. The number of carboxylic acids is 1. The highest BCUT2D eigenvalue weighted by atomic mass is 16.7. The molecule has 9 heteroatoms.